The van der Waals surface area contributed by atoms with Gasteiger partial charge in [0.05, 0.1) is 12.8 Å². The molecule has 0 saturated carbocycles. The first kappa shape index (κ1) is 12.4. The fourth-order valence-electron chi connectivity index (χ4n) is 2.25. The SMILES string of the molecule is COc1ccc2cc(-c3cc(C)nc(N)n3)ccc2c1. The van der Waals surface area contributed by atoms with Crippen LogP contribution in [-0.2, 0) is 0 Å². The van der Waals surface area contributed by atoms with E-state index >= 15 is 0 Å². The van der Waals surface area contributed by atoms with E-state index in [9.17, 15) is 0 Å². The van der Waals surface area contributed by atoms with Crippen LogP contribution in [-0.4, -0.2) is 17.1 Å². The van der Waals surface area contributed by atoms with Crippen molar-refractivity contribution in [2.75, 3.05) is 12.8 Å². The number of benzene rings is 2. The van der Waals surface area contributed by atoms with Gasteiger partial charge in [-0.1, -0.05) is 18.2 Å². The van der Waals surface area contributed by atoms with Crippen LogP contribution in [0.25, 0.3) is 22.0 Å². The summed E-state index contributed by atoms with van der Waals surface area (Å²) in [6.07, 6.45) is 0. The second-order valence-corrected chi connectivity index (χ2v) is 4.68. The van der Waals surface area contributed by atoms with E-state index in [2.05, 4.69) is 22.1 Å². The lowest BCUT2D eigenvalue weighted by Gasteiger charge is -2.06. The highest BCUT2D eigenvalue weighted by Gasteiger charge is 2.04. The molecule has 3 rings (SSSR count). The molecule has 0 saturated heterocycles. The molecule has 0 aliphatic carbocycles. The number of fused-ring (bicyclic) bond motifs is 1. The molecule has 0 unspecified atom stereocenters. The van der Waals surface area contributed by atoms with Crippen molar-refractivity contribution in [3.05, 3.63) is 48.2 Å². The molecule has 0 radical (unpaired) electrons. The molecule has 4 nitrogen and oxygen atoms in total. The van der Waals surface area contributed by atoms with Crippen LogP contribution in [0.4, 0.5) is 5.95 Å². The molecule has 0 aliphatic heterocycles. The van der Waals surface area contributed by atoms with Crippen molar-refractivity contribution in [3.8, 4) is 17.0 Å². The Hall–Kier alpha value is -2.62. The maximum Gasteiger partial charge on any atom is 0.220 e. The van der Waals surface area contributed by atoms with Gasteiger partial charge in [0.15, 0.2) is 0 Å². The maximum absolute atomic E-state index is 5.71. The van der Waals surface area contributed by atoms with Crippen LogP contribution in [0.3, 0.4) is 0 Å². The van der Waals surface area contributed by atoms with Crippen molar-refractivity contribution < 1.29 is 4.74 Å². The Balaban J connectivity index is 2.12. The molecule has 2 N–H and O–H groups in total. The van der Waals surface area contributed by atoms with Crippen LogP contribution in [0.2, 0.25) is 0 Å². The van der Waals surface area contributed by atoms with Crippen molar-refractivity contribution in [1.29, 1.82) is 0 Å². The van der Waals surface area contributed by atoms with Crippen LogP contribution in [0.5, 0.6) is 5.75 Å². The van der Waals surface area contributed by atoms with E-state index in [0.29, 0.717) is 5.95 Å². The van der Waals surface area contributed by atoms with E-state index in [0.717, 1.165) is 33.5 Å². The van der Waals surface area contributed by atoms with Crippen molar-refractivity contribution in [2.45, 2.75) is 6.92 Å². The predicted molar refractivity (Wildman–Crippen MR) is 80.7 cm³/mol. The largest absolute Gasteiger partial charge is 0.497 e. The summed E-state index contributed by atoms with van der Waals surface area (Å²) in [5, 5.41) is 2.27. The average molecular weight is 265 g/mol. The number of hydrogen-bond acceptors (Lipinski definition) is 4. The summed E-state index contributed by atoms with van der Waals surface area (Å²) >= 11 is 0. The summed E-state index contributed by atoms with van der Waals surface area (Å²) < 4.78 is 5.23. The lowest BCUT2D eigenvalue weighted by molar-refractivity contribution is 0.415. The van der Waals surface area contributed by atoms with Gasteiger partial charge in [-0.3, -0.25) is 0 Å². The summed E-state index contributed by atoms with van der Waals surface area (Å²) in [5.74, 6) is 1.15. The third kappa shape index (κ3) is 2.28. The zero-order valence-corrected chi connectivity index (χ0v) is 11.4. The highest BCUT2D eigenvalue weighted by atomic mass is 16.5. The summed E-state index contributed by atoms with van der Waals surface area (Å²) in [7, 11) is 1.67. The number of rotatable bonds is 2. The topological polar surface area (TPSA) is 61.0 Å². The zero-order chi connectivity index (χ0) is 14.1. The minimum atomic E-state index is 0.301. The van der Waals surface area contributed by atoms with Crippen molar-refractivity contribution >= 4 is 16.7 Å². The first-order valence-corrected chi connectivity index (χ1v) is 6.35. The minimum absolute atomic E-state index is 0.301. The Morgan fingerprint density at radius 3 is 2.45 bits per heavy atom. The molecule has 20 heavy (non-hydrogen) atoms. The first-order valence-electron chi connectivity index (χ1n) is 6.35. The van der Waals surface area contributed by atoms with Gasteiger partial charge in [-0.15, -0.1) is 0 Å². The number of nitrogens with two attached hydrogens (primary N) is 1. The van der Waals surface area contributed by atoms with Gasteiger partial charge >= 0.3 is 0 Å². The molecule has 0 aliphatic rings. The molecular weight excluding hydrogens is 250 g/mol. The Morgan fingerprint density at radius 1 is 0.950 bits per heavy atom. The van der Waals surface area contributed by atoms with E-state index in [1.165, 1.54) is 0 Å². The average Bonchev–Trinajstić information content (AvgIpc) is 2.45. The number of methoxy groups -OCH3 is 1. The predicted octanol–water partition coefficient (Wildman–Crippen LogP) is 3.20. The van der Waals surface area contributed by atoms with Crippen LogP contribution in [0.15, 0.2) is 42.5 Å². The monoisotopic (exact) mass is 265 g/mol. The summed E-state index contributed by atoms with van der Waals surface area (Å²) in [6.45, 7) is 1.91. The zero-order valence-electron chi connectivity index (χ0n) is 11.4. The molecule has 2 aromatic carbocycles. The lowest BCUT2D eigenvalue weighted by Crippen LogP contribution is -1.98. The fraction of sp³-hybridized carbons (Fsp3) is 0.125. The number of ether oxygens (including phenoxy) is 1. The van der Waals surface area contributed by atoms with Gasteiger partial charge in [-0.05, 0) is 42.0 Å². The van der Waals surface area contributed by atoms with Gasteiger partial charge in [0.2, 0.25) is 5.95 Å². The molecule has 0 fully saturated rings. The molecule has 0 spiro atoms. The van der Waals surface area contributed by atoms with Gasteiger partial charge in [0, 0.05) is 11.3 Å². The minimum Gasteiger partial charge on any atom is -0.497 e. The smallest absolute Gasteiger partial charge is 0.220 e. The quantitative estimate of drug-likeness (QED) is 0.773. The Labute approximate surface area is 117 Å². The molecule has 1 heterocycles. The molecule has 1 aromatic heterocycles. The highest BCUT2D eigenvalue weighted by molar-refractivity contribution is 5.88. The van der Waals surface area contributed by atoms with Gasteiger partial charge in [0.25, 0.3) is 0 Å². The Bertz CT molecular complexity index is 764. The maximum atomic E-state index is 5.71. The fourth-order valence-corrected chi connectivity index (χ4v) is 2.25. The van der Waals surface area contributed by atoms with Gasteiger partial charge in [-0.2, -0.15) is 0 Å². The first-order chi connectivity index (χ1) is 9.65. The van der Waals surface area contributed by atoms with Crippen LogP contribution >= 0.6 is 0 Å². The lowest BCUT2D eigenvalue weighted by atomic mass is 10.0. The second-order valence-electron chi connectivity index (χ2n) is 4.68. The number of hydrogen-bond donors (Lipinski definition) is 1. The number of nitrogens with zero attached hydrogens (tertiary/aromatic N) is 2. The third-order valence-corrected chi connectivity index (χ3v) is 3.21. The van der Waals surface area contributed by atoms with E-state index < -0.39 is 0 Å². The van der Waals surface area contributed by atoms with Crippen LogP contribution in [0.1, 0.15) is 5.69 Å². The Kier molecular flexibility index (Phi) is 2.99. The summed E-state index contributed by atoms with van der Waals surface area (Å²) in [4.78, 5) is 8.38. The van der Waals surface area contributed by atoms with Crippen molar-refractivity contribution in [2.24, 2.45) is 0 Å². The standard InChI is InChI=1S/C16H15N3O/c1-10-7-15(19-16(17)18-10)13-4-3-12-9-14(20-2)6-5-11(12)8-13/h3-9H,1-2H3,(H2,17,18,19). The van der Waals surface area contributed by atoms with Crippen LogP contribution < -0.4 is 10.5 Å². The number of nitrogen functional groups attached to an aromatic ring is 1. The van der Waals surface area contributed by atoms with Gasteiger partial charge < -0.3 is 10.5 Å². The van der Waals surface area contributed by atoms with E-state index in [4.69, 9.17) is 10.5 Å². The summed E-state index contributed by atoms with van der Waals surface area (Å²) in [6, 6.07) is 14.1. The third-order valence-electron chi connectivity index (χ3n) is 3.21. The molecule has 0 atom stereocenters. The molecule has 100 valence electrons. The van der Waals surface area contributed by atoms with E-state index in [-0.39, 0.29) is 0 Å². The molecule has 0 bridgehead atoms. The molecule has 0 amide bonds. The van der Waals surface area contributed by atoms with E-state index in [1.807, 2.05) is 37.3 Å². The Morgan fingerprint density at radius 2 is 1.70 bits per heavy atom. The van der Waals surface area contributed by atoms with Gasteiger partial charge in [-0.25, -0.2) is 9.97 Å². The molecule has 3 aromatic rings. The number of aryl methyl sites for hydroxylation is 1. The van der Waals surface area contributed by atoms with Crippen LogP contribution in [0, 0.1) is 6.92 Å². The second kappa shape index (κ2) is 4.81. The highest BCUT2D eigenvalue weighted by Crippen LogP contribution is 2.26. The van der Waals surface area contributed by atoms with Crippen molar-refractivity contribution in [3.63, 3.8) is 0 Å². The molecule has 4 heteroatoms. The normalized spacial score (nSPS) is 10.7. The number of aromatic nitrogens is 2. The number of anilines is 1. The molecular formula is C16H15N3O. The van der Waals surface area contributed by atoms with E-state index in [1.54, 1.807) is 7.11 Å². The van der Waals surface area contributed by atoms with Crippen molar-refractivity contribution in [1.82, 2.24) is 9.97 Å². The summed E-state index contributed by atoms with van der Waals surface area (Å²) in [5.41, 5.74) is 8.44. The van der Waals surface area contributed by atoms with Gasteiger partial charge in [0.1, 0.15) is 5.75 Å².